The van der Waals surface area contributed by atoms with Crippen molar-refractivity contribution in [2.24, 2.45) is 0 Å². The first-order valence-corrected chi connectivity index (χ1v) is 9.20. The molecule has 27 heavy (non-hydrogen) atoms. The number of ether oxygens (including phenoxy) is 1. The van der Waals surface area contributed by atoms with Gasteiger partial charge in [0, 0.05) is 59.1 Å². The Hall–Kier alpha value is -2.67. The fourth-order valence-electron chi connectivity index (χ4n) is 3.13. The van der Waals surface area contributed by atoms with E-state index in [1.54, 1.807) is 6.20 Å². The molecule has 7 nitrogen and oxygen atoms in total. The highest BCUT2D eigenvalue weighted by atomic mass is 16.5. The normalized spacial score (nSPS) is 16.9. The third-order valence-electron chi connectivity index (χ3n) is 4.51. The van der Waals surface area contributed by atoms with Crippen LogP contribution in [-0.2, 0) is 17.9 Å². The summed E-state index contributed by atoms with van der Waals surface area (Å²) >= 11 is 0. The summed E-state index contributed by atoms with van der Waals surface area (Å²) in [5.41, 5.74) is 2.06. The van der Waals surface area contributed by atoms with Crippen molar-refractivity contribution in [1.29, 1.82) is 0 Å². The predicted octanol–water partition coefficient (Wildman–Crippen LogP) is 1.83. The van der Waals surface area contributed by atoms with Crippen LogP contribution in [0.3, 0.4) is 0 Å². The number of hydrogen-bond acceptors (Lipinski definition) is 6. The first-order valence-electron chi connectivity index (χ1n) is 9.20. The van der Waals surface area contributed by atoms with Crippen LogP contribution in [0.25, 0.3) is 0 Å². The van der Waals surface area contributed by atoms with Crippen molar-refractivity contribution in [3.8, 4) is 5.75 Å². The van der Waals surface area contributed by atoms with Crippen molar-refractivity contribution >= 4 is 11.7 Å². The number of aromatic nitrogens is 2. The molecule has 1 aliphatic rings. The summed E-state index contributed by atoms with van der Waals surface area (Å²) in [6, 6.07) is 7.96. The van der Waals surface area contributed by atoms with Crippen LogP contribution < -0.4 is 15.0 Å². The number of amides is 1. The highest BCUT2D eigenvalue weighted by molar-refractivity contribution is 5.72. The van der Waals surface area contributed by atoms with Gasteiger partial charge in [-0.1, -0.05) is 0 Å². The molecule has 2 aromatic rings. The monoisotopic (exact) mass is 369 g/mol. The van der Waals surface area contributed by atoms with Gasteiger partial charge in [0.05, 0.1) is 12.2 Å². The number of carbonyl (C=O) groups is 1. The molecule has 0 aliphatic carbocycles. The quantitative estimate of drug-likeness (QED) is 0.803. The zero-order chi connectivity index (χ0) is 19.2. The van der Waals surface area contributed by atoms with E-state index in [4.69, 9.17) is 4.74 Å². The van der Waals surface area contributed by atoms with Gasteiger partial charge in [-0.05, 0) is 30.2 Å². The van der Waals surface area contributed by atoms with Crippen LogP contribution in [-0.4, -0.2) is 54.1 Å². The average molecular weight is 369 g/mol. The molecule has 1 aliphatic heterocycles. The number of nitrogens with one attached hydrogen (secondary N) is 1. The summed E-state index contributed by atoms with van der Waals surface area (Å²) in [5, 5.41) is 2.76. The standard InChI is InChI=1S/C20H27N5O2/c1-15(26)23-12-17-11-18(5-8-21-17)27-19-6-9-25(14-19)13-16-4-7-22-20(10-16)24(2)3/h4-5,7-8,10-11,19H,6,9,12-14H2,1-3H3,(H,23,26). The molecule has 1 fully saturated rings. The van der Waals surface area contributed by atoms with Crippen LogP contribution in [0, 0.1) is 0 Å². The van der Waals surface area contributed by atoms with Crippen LogP contribution in [0.5, 0.6) is 5.75 Å². The van der Waals surface area contributed by atoms with E-state index in [1.165, 1.54) is 12.5 Å². The summed E-state index contributed by atoms with van der Waals surface area (Å²) in [7, 11) is 4.00. The maximum atomic E-state index is 11.0. The molecule has 0 saturated carbocycles. The second kappa shape index (κ2) is 8.81. The largest absolute Gasteiger partial charge is 0.489 e. The molecular weight excluding hydrogens is 342 g/mol. The van der Waals surface area contributed by atoms with Gasteiger partial charge in [0.1, 0.15) is 17.7 Å². The van der Waals surface area contributed by atoms with E-state index in [9.17, 15) is 4.79 Å². The van der Waals surface area contributed by atoms with Crippen molar-refractivity contribution in [3.63, 3.8) is 0 Å². The van der Waals surface area contributed by atoms with Gasteiger partial charge in [0.15, 0.2) is 0 Å². The molecule has 0 spiro atoms. The number of carbonyl (C=O) groups excluding carboxylic acids is 1. The number of likely N-dealkylation sites (tertiary alicyclic amines) is 1. The summed E-state index contributed by atoms with van der Waals surface area (Å²) in [6.45, 7) is 4.71. The molecular formula is C20H27N5O2. The number of rotatable bonds is 7. The van der Waals surface area contributed by atoms with Crippen LogP contribution in [0.1, 0.15) is 24.6 Å². The summed E-state index contributed by atoms with van der Waals surface area (Å²) in [5.74, 6) is 1.71. The highest BCUT2D eigenvalue weighted by Crippen LogP contribution is 2.21. The number of hydrogen-bond donors (Lipinski definition) is 1. The number of anilines is 1. The van der Waals surface area contributed by atoms with Gasteiger partial charge in [0.25, 0.3) is 0 Å². The molecule has 3 rings (SSSR count). The maximum absolute atomic E-state index is 11.0. The van der Waals surface area contributed by atoms with Crippen LogP contribution in [0.2, 0.25) is 0 Å². The number of nitrogens with zero attached hydrogens (tertiary/aromatic N) is 4. The lowest BCUT2D eigenvalue weighted by molar-refractivity contribution is -0.119. The zero-order valence-electron chi connectivity index (χ0n) is 16.2. The minimum atomic E-state index is -0.0666. The van der Waals surface area contributed by atoms with Crippen molar-refractivity contribution in [3.05, 3.63) is 47.9 Å². The lowest BCUT2D eigenvalue weighted by atomic mass is 10.2. The Morgan fingerprint density at radius 3 is 2.89 bits per heavy atom. The molecule has 1 N–H and O–H groups in total. The van der Waals surface area contributed by atoms with E-state index in [2.05, 4.69) is 32.3 Å². The second-order valence-corrected chi connectivity index (χ2v) is 7.07. The molecule has 1 unspecified atom stereocenters. The SMILES string of the molecule is CC(=O)NCc1cc(OC2CCN(Cc3ccnc(N(C)C)c3)C2)ccn1. The topological polar surface area (TPSA) is 70.6 Å². The Balaban J connectivity index is 1.53. The molecule has 1 atom stereocenters. The first kappa shape index (κ1) is 19.1. The van der Waals surface area contributed by atoms with Gasteiger partial charge in [0.2, 0.25) is 5.91 Å². The Kier molecular flexibility index (Phi) is 6.24. The van der Waals surface area contributed by atoms with Crippen LogP contribution in [0.4, 0.5) is 5.82 Å². The second-order valence-electron chi connectivity index (χ2n) is 7.07. The van der Waals surface area contributed by atoms with Crippen LogP contribution in [0.15, 0.2) is 36.7 Å². The molecule has 1 amide bonds. The van der Waals surface area contributed by atoms with Crippen LogP contribution >= 0.6 is 0 Å². The lowest BCUT2D eigenvalue weighted by Crippen LogP contribution is -2.25. The van der Waals surface area contributed by atoms with Crippen molar-refractivity contribution in [2.75, 3.05) is 32.1 Å². The zero-order valence-corrected chi connectivity index (χ0v) is 16.2. The summed E-state index contributed by atoms with van der Waals surface area (Å²) in [4.78, 5) is 24.1. The molecule has 7 heteroatoms. The predicted molar refractivity (Wildman–Crippen MR) is 105 cm³/mol. The van der Waals surface area contributed by atoms with Gasteiger partial charge in [-0.2, -0.15) is 0 Å². The highest BCUT2D eigenvalue weighted by Gasteiger charge is 2.24. The van der Waals surface area contributed by atoms with E-state index in [0.29, 0.717) is 6.54 Å². The van der Waals surface area contributed by atoms with E-state index < -0.39 is 0 Å². The van der Waals surface area contributed by atoms with Crippen molar-refractivity contribution in [2.45, 2.75) is 32.5 Å². The van der Waals surface area contributed by atoms with Gasteiger partial charge in [-0.25, -0.2) is 4.98 Å². The lowest BCUT2D eigenvalue weighted by Gasteiger charge is -2.18. The Labute approximate surface area is 160 Å². The molecule has 2 aromatic heterocycles. The minimum absolute atomic E-state index is 0.0666. The Morgan fingerprint density at radius 1 is 1.30 bits per heavy atom. The van der Waals surface area contributed by atoms with Gasteiger partial charge in [-0.3, -0.25) is 14.7 Å². The smallest absolute Gasteiger partial charge is 0.217 e. The average Bonchev–Trinajstić information content (AvgIpc) is 3.07. The van der Waals surface area contributed by atoms with Gasteiger partial charge >= 0.3 is 0 Å². The fraction of sp³-hybridized carbons (Fsp3) is 0.450. The van der Waals surface area contributed by atoms with E-state index in [-0.39, 0.29) is 12.0 Å². The fourth-order valence-corrected chi connectivity index (χ4v) is 3.13. The van der Waals surface area contributed by atoms with Gasteiger partial charge < -0.3 is 15.0 Å². The summed E-state index contributed by atoms with van der Waals surface area (Å²) in [6.07, 6.45) is 4.74. The Morgan fingerprint density at radius 2 is 2.11 bits per heavy atom. The molecule has 0 aromatic carbocycles. The molecule has 1 saturated heterocycles. The van der Waals surface area contributed by atoms with E-state index in [0.717, 1.165) is 43.3 Å². The Bertz CT molecular complexity index is 780. The third kappa shape index (κ3) is 5.65. The summed E-state index contributed by atoms with van der Waals surface area (Å²) < 4.78 is 6.14. The number of pyridine rings is 2. The van der Waals surface area contributed by atoms with Crippen molar-refractivity contribution < 1.29 is 9.53 Å². The van der Waals surface area contributed by atoms with E-state index >= 15 is 0 Å². The van der Waals surface area contributed by atoms with Gasteiger partial charge in [-0.15, -0.1) is 0 Å². The molecule has 144 valence electrons. The first-order chi connectivity index (χ1) is 13.0. The molecule has 0 bridgehead atoms. The molecule has 0 radical (unpaired) electrons. The third-order valence-corrected chi connectivity index (χ3v) is 4.51. The minimum Gasteiger partial charge on any atom is -0.489 e. The maximum Gasteiger partial charge on any atom is 0.217 e. The molecule has 3 heterocycles. The van der Waals surface area contributed by atoms with E-state index in [1.807, 2.05) is 37.3 Å². The van der Waals surface area contributed by atoms with Crippen molar-refractivity contribution in [1.82, 2.24) is 20.2 Å².